The molecule has 0 spiro atoms. The fraction of sp³-hybridized carbons (Fsp3) is 0.636. The minimum absolute atomic E-state index is 0.0184. The van der Waals surface area contributed by atoms with Crippen LogP contribution in [0.2, 0.25) is 0 Å². The van der Waals surface area contributed by atoms with Crippen molar-refractivity contribution in [2.24, 2.45) is 10.9 Å². The van der Waals surface area contributed by atoms with E-state index in [0.29, 0.717) is 0 Å². The second-order valence-corrected chi connectivity index (χ2v) is 5.33. The standard InChI is InChI=1S/C11H19N5OS/c1-8-7-18-11(13-8)16-5-3-15(4-6-16)9(2)10(12)14-17/h7,9,17H,3-6H2,1-2H3,(H2,12,14). The van der Waals surface area contributed by atoms with Crippen LogP contribution < -0.4 is 10.6 Å². The number of rotatable bonds is 3. The molecule has 0 amide bonds. The van der Waals surface area contributed by atoms with Crippen molar-refractivity contribution in [3.8, 4) is 0 Å². The predicted octanol–water partition coefficient (Wildman–Crippen LogP) is 0.708. The third-order valence-corrected chi connectivity index (χ3v) is 4.30. The number of oxime groups is 1. The van der Waals surface area contributed by atoms with E-state index in [-0.39, 0.29) is 11.9 Å². The van der Waals surface area contributed by atoms with E-state index in [9.17, 15) is 0 Å². The Bertz CT molecular complexity index is 425. The Morgan fingerprint density at radius 3 is 2.67 bits per heavy atom. The van der Waals surface area contributed by atoms with Crippen molar-refractivity contribution in [1.29, 1.82) is 0 Å². The molecular weight excluding hydrogens is 250 g/mol. The molecule has 100 valence electrons. The van der Waals surface area contributed by atoms with Crippen LogP contribution in [-0.4, -0.2) is 53.1 Å². The summed E-state index contributed by atoms with van der Waals surface area (Å²) in [6, 6.07) is -0.0184. The average molecular weight is 269 g/mol. The molecule has 7 heteroatoms. The van der Waals surface area contributed by atoms with Gasteiger partial charge in [0.1, 0.15) is 0 Å². The van der Waals surface area contributed by atoms with E-state index >= 15 is 0 Å². The summed E-state index contributed by atoms with van der Waals surface area (Å²) in [6.07, 6.45) is 0. The topological polar surface area (TPSA) is 78.0 Å². The van der Waals surface area contributed by atoms with E-state index in [1.54, 1.807) is 11.3 Å². The molecule has 18 heavy (non-hydrogen) atoms. The summed E-state index contributed by atoms with van der Waals surface area (Å²) in [6.45, 7) is 7.62. The van der Waals surface area contributed by atoms with Crippen LogP contribution >= 0.6 is 11.3 Å². The van der Waals surface area contributed by atoms with Crippen molar-refractivity contribution < 1.29 is 5.21 Å². The number of aromatic nitrogens is 1. The first-order valence-corrected chi connectivity index (χ1v) is 6.88. The van der Waals surface area contributed by atoms with Gasteiger partial charge in [-0.2, -0.15) is 0 Å². The molecule has 0 saturated carbocycles. The fourth-order valence-electron chi connectivity index (χ4n) is 2.06. The molecule has 0 radical (unpaired) electrons. The SMILES string of the molecule is Cc1csc(N2CCN(C(C)C(N)=NO)CC2)n1. The van der Waals surface area contributed by atoms with E-state index in [1.165, 1.54) is 0 Å². The van der Waals surface area contributed by atoms with Gasteiger partial charge in [-0.1, -0.05) is 5.16 Å². The molecule has 0 aromatic carbocycles. The van der Waals surface area contributed by atoms with E-state index in [4.69, 9.17) is 10.9 Å². The van der Waals surface area contributed by atoms with Gasteiger partial charge >= 0.3 is 0 Å². The molecule has 3 N–H and O–H groups in total. The van der Waals surface area contributed by atoms with Crippen molar-refractivity contribution in [3.63, 3.8) is 0 Å². The van der Waals surface area contributed by atoms with Gasteiger partial charge in [0.05, 0.1) is 11.7 Å². The number of amidine groups is 1. The molecule has 2 heterocycles. The molecule has 2 rings (SSSR count). The summed E-state index contributed by atoms with van der Waals surface area (Å²) >= 11 is 1.68. The Kier molecular flexibility index (Phi) is 4.03. The summed E-state index contributed by atoms with van der Waals surface area (Å²) in [4.78, 5) is 8.99. The van der Waals surface area contributed by atoms with Crippen molar-refractivity contribution >= 4 is 22.3 Å². The van der Waals surface area contributed by atoms with Gasteiger partial charge in [0.2, 0.25) is 0 Å². The van der Waals surface area contributed by atoms with Crippen LogP contribution in [0.3, 0.4) is 0 Å². The lowest BCUT2D eigenvalue weighted by Gasteiger charge is -2.37. The lowest BCUT2D eigenvalue weighted by Crippen LogP contribution is -2.53. The number of hydrogen-bond acceptors (Lipinski definition) is 6. The van der Waals surface area contributed by atoms with E-state index in [1.807, 2.05) is 13.8 Å². The zero-order valence-corrected chi connectivity index (χ0v) is 11.5. The highest BCUT2D eigenvalue weighted by molar-refractivity contribution is 7.13. The van der Waals surface area contributed by atoms with Crippen molar-refractivity contribution in [3.05, 3.63) is 11.1 Å². The van der Waals surface area contributed by atoms with Crippen LogP contribution in [0.1, 0.15) is 12.6 Å². The highest BCUT2D eigenvalue weighted by atomic mass is 32.1. The molecule has 1 aromatic heterocycles. The van der Waals surface area contributed by atoms with Crippen LogP contribution in [-0.2, 0) is 0 Å². The molecular formula is C11H19N5OS. The van der Waals surface area contributed by atoms with Crippen LogP contribution in [0.4, 0.5) is 5.13 Å². The number of nitrogens with zero attached hydrogens (tertiary/aromatic N) is 4. The first kappa shape index (κ1) is 13.1. The molecule has 1 saturated heterocycles. The van der Waals surface area contributed by atoms with Gasteiger partial charge < -0.3 is 15.8 Å². The molecule has 1 aromatic rings. The number of anilines is 1. The van der Waals surface area contributed by atoms with Gasteiger partial charge in [-0.3, -0.25) is 4.90 Å². The maximum atomic E-state index is 8.69. The number of aryl methyl sites for hydroxylation is 1. The second kappa shape index (κ2) is 5.53. The van der Waals surface area contributed by atoms with Crippen LogP contribution in [0.25, 0.3) is 0 Å². The number of piperazine rings is 1. The lowest BCUT2D eigenvalue weighted by atomic mass is 10.2. The van der Waals surface area contributed by atoms with Crippen LogP contribution in [0.15, 0.2) is 10.5 Å². The van der Waals surface area contributed by atoms with E-state index < -0.39 is 0 Å². The molecule has 0 bridgehead atoms. The quantitative estimate of drug-likeness (QED) is 0.366. The predicted molar refractivity (Wildman–Crippen MR) is 73.5 cm³/mol. The molecule has 1 atom stereocenters. The highest BCUT2D eigenvalue weighted by Gasteiger charge is 2.24. The Balaban J connectivity index is 1.92. The van der Waals surface area contributed by atoms with Gasteiger partial charge in [-0.05, 0) is 13.8 Å². The zero-order chi connectivity index (χ0) is 13.1. The van der Waals surface area contributed by atoms with Crippen molar-refractivity contribution in [1.82, 2.24) is 9.88 Å². The maximum Gasteiger partial charge on any atom is 0.185 e. The maximum absolute atomic E-state index is 8.69. The first-order valence-electron chi connectivity index (χ1n) is 6.00. The van der Waals surface area contributed by atoms with Gasteiger partial charge in [0, 0.05) is 31.6 Å². The second-order valence-electron chi connectivity index (χ2n) is 4.50. The van der Waals surface area contributed by atoms with Gasteiger partial charge in [0.15, 0.2) is 11.0 Å². The summed E-state index contributed by atoms with van der Waals surface area (Å²) in [5, 5.41) is 14.9. The number of hydrogen-bond donors (Lipinski definition) is 2. The number of thiazole rings is 1. The zero-order valence-electron chi connectivity index (χ0n) is 10.7. The van der Waals surface area contributed by atoms with Crippen molar-refractivity contribution in [2.45, 2.75) is 19.9 Å². The Morgan fingerprint density at radius 1 is 1.50 bits per heavy atom. The minimum Gasteiger partial charge on any atom is -0.409 e. The number of nitrogens with two attached hydrogens (primary N) is 1. The Labute approximate surface area is 111 Å². The summed E-state index contributed by atoms with van der Waals surface area (Å²) in [5.74, 6) is 0.272. The lowest BCUT2D eigenvalue weighted by molar-refractivity contribution is 0.230. The van der Waals surface area contributed by atoms with Crippen LogP contribution in [0, 0.1) is 6.92 Å². The van der Waals surface area contributed by atoms with Crippen molar-refractivity contribution in [2.75, 3.05) is 31.1 Å². The normalized spacial score (nSPS) is 20.1. The molecule has 1 aliphatic heterocycles. The monoisotopic (exact) mass is 269 g/mol. The van der Waals surface area contributed by atoms with Gasteiger partial charge in [-0.25, -0.2) is 4.98 Å². The summed E-state index contributed by atoms with van der Waals surface area (Å²) in [5.41, 5.74) is 6.70. The van der Waals surface area contributed by atoms with Gasteiger partial charge in [0.25, 0.3) is 0 Å². The third kappa shape index (κ3) is 2.73. The van der Waals surface area contributed by atoms with E-state index in [2.05, 4.69) is 25.3 Å². The largest absolute Gasteiger partial charge is 0.409 e. The first-order chi connectivity index (χ1) is 8.61. The average Bonchev–Trinajstić information content (AvgIpc) is 2.84. The van der Waals surface area contributed by atoms with Crippen LogP contribution in [0.5, 0.6) is 0 Å². The Morgan fingerprint density at radius 2 is 2.17 bits per heavy atom. The van der Waals surface area contributed by atoms with E-state index in [0.717, 1.165) is 37.0 Å². The molecule has 1 unspecified atom stereocenters. The third-order valence-electron chi connectivity index (χ3n) is 3.28. The fourth-order valence-corrected chi connectivity index (χ4v) is 2.91. The Hall–Kier alpha value is -1.34. The summed E-state index contributed by atoms with van der Waals surface area (Å²) < 4.78 is 0. The molecule has 1 fully saturated rings. The highest BCUT2D eigenvalue weighted by Crippen LogP contribution is 2.21. The smallest absolute Gasteiger partial charge is 0.185 e. The molecule has 6 nitrogen and oxygen atoms in total. The van der Waals surface area contributed by atoms with Gasteiger partial charge in [-0.15, -0.1) is 11.3 Å². The molecule has 1 aliphatic rings. The minimum atomic E-state index is -0.0184. The molecule has 0 aliphatic carbocycles. The summed E-state index contributed by atoms with van der Waals surface area (Å²) in [7, 11) is 0.